The van der Waals surface area contributed by atoms with Crippen molar-refractivity contribution in [2.75, 3.05) is 0 Å². The topological polar surface area (TPSA) is 214 Å². The highest BCUT2D eigenvalue weighted by atomic mass is 16.4. The first-order valence-corrected chi connectivity index (χ1v) is 10.5. The van der Waals surface area contributed by atoms with E-state index in [0.717, 1.165) is 0 Å². The fourth-order valence-corrected chi connectivity index (χ4v) is 2.92. The highest BCUT2D eigenvalue weighted by Crippen LogP contribution is 2.08. The molecule has 0 aromatic heterocycles. The molecule has 0 rings (SSSR count). The zero-order valence-corrected chi connectivity index (χ0v) is 19.3. The van der Waals surface area contributed by atoms with Crippen molar-refractivity contribution in [2.24, 2.45) is 23.3 Å². The number of nitrogens with two attached hydrogens (primary N) is 2. The molecular formula is C20H37N5O7. The van der Waals surface area contributed by atoms with Gasteiger partial charge in [-0.2, -0.15) is 0 Å². The van der Waals surface area contributed by atoms with E-state index in [1.807, 2.05) is 13.8 Å². The molecule has 5 unspecified atom stereocenters. The predicted octanol–water partition coefficient (Wildman–Crippen LogP) is -1.80. The van der Waals surface area contributed by atoms with Crippen molar-refractivity contribution in [2.45, 2.75) is 84.2 Å². The summed E-state index contributed by atoms with van der Waals surface area (Å²) in [5, 5.41) is 25.8. The summed E-state index contributed by atoms with van der Waals surface area (Å²) in [6.07, 6.45) is -1.41. The number of aliphatic carboxylic acids is 1. The Bertz CT molecular complexity index is 681. The molecule has 0 saturated carbocycles. The summed E-state index contributed by atoms with van der Waals surface area (Å²) in [4.78, 5) is 60.4. The third-order valence-corrected chi connectivity index (χ3v) is 4.49. The van der Waals surface area contributed by atoms with Crippen LogP contribution in [0.4, 0.5) is 0 Å². The number of carbonyl (C=O) groups excluding carboxylic acids is 4. The molecule has 5 atom stereocenters. The van der Waals surface area contributed by atoms with Crippen molar-refractivity contribution >= 4 is 29.6 Å². The Balaban J connectivity index is 5.51. The van der Waals surface area contributed by atoms with E-state index in [1.165, 1.54) is 6.92 Å². The van der Waals surface area contributed by atoms with Crippen LogP contribution in [0.2, 0.25) is 0 Å². The number of hydrogen-bond acceptors (Lipinski definition) is 7. The number of carboxylic acids is 1. The Morgan fingerprint density at radius 1 is 0.781 bits per heavy atom. The summed E-state index contributed by atoms with van der Waals surface area (Å²) >= 11 is 0. The maximum atomic E-state index is 12.8. The van der Waals surface area contributed by atoms with Gasteiger partial charge in [0.1, 0.15) is 12.1 Å². The van der Waals surface area contributed by atoms with E-state index in [-0.39, 0.29) is 18.3 Å². The first-order valence-electron chi connectivity index (χ1n) is 10.5. The van der Waals surface area contributed by atoms with Crippen LogP contribution >= 0.6 is 0 Å². The van der Waals surface area contributed by atoms with Crippen LogP contribution in [0.1, 0.15) is 53.9 Å². The van der Waals surface area contributed by atoms with Crippen molar-refractivity contribution in [3.05, 3.63) is 0 Å². The molecule has 4 amide bonds. The van der Waals surface area contributed by atoms with Gasteiger partial charge in [0.2, 0.25) is 23.6 Å². The van der Waals surface area contributed by atoms with E-state index >= 15 is 0 Å². The number of carbonyl (C=O) groups is 5. The molecule has 0 aromatic carbocycles. The predicted molar refractivity (Wildman–Crippen MR) is 116 cm³/mol. The number of primary amides is 1. The van der Waals surface area contributed by atoms with Gasteiger partial charge >= 0.3 is 5.97 Å². The van der Waals surface area contributed by atoms with Crippen LogP contribution in [-0.2, 0) is 24.0 Å². The minimum absolute atomic E-state index is 0.0791. The SMILES string of the molecule is CC(C)CC(N)C(=O)NC(CC(N)=O)C(=O)NC(CC(C)C)C(=O)NC(C(=O)O)C(C)O. The van der Waals surface area contributed by atoms with Crippen molar-refractivity contribution in [1.82, 2.24) is 16.0 Å². The van der Waals surface area contributed by atoms with E-state index in [0.29, 0.717) is 6.42 Å². The minimum atomic E-state index is -1.58. The molecule has 32 heavy (non-hydrogen) atoms. The van der Waals surface area contributed by atoms with E-state index in [1.54, 1.807) is 13.8 Å². The van der Waals surface area contributed by atoms with Crippen LogP contribution in [0.15, 0.2) is 0 Å². The quantitative estimate of drug-likeness (QED) is 0.157. The maximum Gasteiger partial charge on any atom is 0.328 e. The summed E-state index contributed by atoms with van der Waals surface area (Å²) in [5.41, 5.74) is 11.0. The number of nitrogens with one attached hydrogen (secondary N) is 3. The zero-order chi connectivity index (χ0) is 25.2. The van der Waals surface area contributed by atoms with Gasteiger partial charge in [-0.05, 0) is 31.6 Å². The van der Waals surface area contributed by atoms with Gasteiger partial charge in [0.15, 0.2) is 6.04 Å². The summed E-state index contributed by atoms with van der Waals surface area (Å²) in [5.74, 6) is -4.59. The molecule has 12 nitrogen and oxygen atoms in total. The standard InChI is InChI=1S/C20H37N5O7/c1-9(2)6-12(21)17(28)23-14(8-15(22)27)18(29)24-13(7-10(3)4)19(30)25-16(11(5)26)20(31)32/h9-14,16,26H,6-8,21H2,1-5H3,(H2,22,27)(H,23,28)(H,24,29)(H,25,30)(H,31,32). The van der Waals surface area contributed by atoms with Gasteiger partial charge in [-0.15, -0.1) is 0 Å². The number of aliphatic hydroxyl groups excluding tert-OH is 1. The summed E-state index contributed by atoms with van der Waals surface area (Å²) in [6, 6.07) is -5.04. The average molecular weight is 460 g/mol. The normalized spacial score (nSPS) is 15.9. The monoisotopic (exact) mass is 459 g/mol. The molecule has 0 aliphatic rings. The third kappa shape index (κ3) is 11.0. The van der Waals surface area contributed by atoms with Gasteiger partial charge in [0.05, 0.1) is 18.6 Å². The zero-order valence-electron chi connectivity index (χ0n) is 19.3. The second-order valence-corrected chi connectivity index (χ2v) is 8.72. The minimum Gasteiger partial charge on any atom is -0.480 e. The van der Waals surface area contributed by atoms with Gasteiger partial charge in [0.25, 0.3) is 0 Å². The lowest BCUT2D eigenvalue weighted by Gasteiger charge is -2.26. The molecule has 0 aliphatic carbocycles. The molecule has 0 fully saturated rings. The van der Waals surface area contributed by atoms with Gasteiger partial charge < -0.3 is 37.6 Å². The van der Waals surface area contributed by atoms with Crippen LogP contribution in [0.25, 0.3) is 0 Å². The van der Waals surface area contributed by atoms with Crippen molar-refractivity contribution < 1.29 is 34.2 Å². The molecule has 0 spiro atoms. The number of hydrogen-bond donors (Lipinski definition) is 7. The first kappa shape index (κ1) is 29.3. The lowest BCUT2D eigenvalue weighted by atomic mass is 10.0. The van der Waals surface area contributed by atoms with E-state index in [2.05, 4.69) is 16.0 Å². The van der Waals surface area contributed by atoms with Crippen molar-refractivity contribution in [3.63, 3.8) is 0 Å². The van der Waals surface area contributed by atoms with Crippen LogP contribution in [0.5, 0.6) is 0 Å². The summed E-state index contributed by atoms with van der Waals surface area (Å²) in [6.45, 7) is 8.50. The van der Waals surface area contributed by atoms with Crippen molar-refractivity contribution in [3.8, 4) is 0 Å². The fourth-order valence-electron chi connectivity index (χ4n) is 2.92. The Hall–Kier alpha value is -2.73. The second kappa shape index (κ2) is 13.6. The molecule has 0 aliphatic heterocycles. The molecule has 0 aromatic rings. The molecule has 0 radical (unpaired) electrons. The van der Waals surface area contributed by atoms with Crippen LogP contribution in [0.3, 0.4) is 0 Å². The largest absolute Gasteiger partial charge is 0.480 e. The Labute approximate surface area is 187 Å². The summed E-state index contributed by atoms with van der Waals surface area (Å²) in [7, 11) is 0. The number of amides is 4. The molecule has 0 bridgehead atoms. The van der Waals surface area contributed by atoms with E-state index in [9.17, 15) is 29.1 Å². The molecule has 9 N–H and O–H groups in total. The number of rotatable bonds is 14. The first-order chi connectivity index (χ1) is 14.6. The molecule has 12 heteroatoms. The Kier molecular flexibility index (Phi) is 12.5. The number of carboxylic acid groups (broad SMARTS) is 1. The maximum absolute atomic E-state index is 12.8. The van der Waals surface area contributed by atoms with Crippen LogP contribution < -0.4 is 27.4 Å². The Morgan fingerprint density at radius 2 is 1.25 bits per heavy atom. The fraction of sp³-hybridized carbons (Fsp3) is 0.750. The van der Waals surface area contributed by atoms with Crippen molar-refractivity contribution in [1.29, 1.82) is 0 Å². The Morgan fingerprint density at radius 3 is 1.66 bits per heavy atom. The molecule has 0 heterocycles. The van der Waals surface area contributed by atoms with E-state index in [4.69, 9.17) is 16.6 Å². The smallest absolute Gasteiger partial charge is 0.328 e. The van der Waals surface area contributed by atoms with Crippen LogP contribution in [0, 0.1) is 11.8 Å². The average Bonchev–Trinajstić information content (AvgIpc) is 2.62. The highest BCUT2D eigenvalue weighted by molar-refractivity contribution is 5.96. The molecule has 0 saturated heterocycles. The number of aliphatic hydroxyl groups is 1. The lowest BCUT2D eigenvalue weighted by Crippen LogP contribution is -2.59. The highest BCUT2D eigenvalue weighted by Gasteiger charge is 2.32. The van der Waals surface area contributed by atoms with Gasteiger partial charge in [-0.25, -0.2) is 4.79 Å². The molecule has 184 valence electrons. The van der Waals surface area contributed by atoms with Crippen LogP contribution in [-0.4, -0.2) is 70.1 Å². The summed E-state index contributed by atoms with van der Waals surface area (Å²) < 4.78 is 0. The second-order valence-electron chi connectivity index (χ2n) is 8.72. The van der Waals surface area contributed by atoms with Gasteiger partial charge in [-0.3, -0.25) is 19.2 Å². The lowest BCUT2D eigenvalue weighted by molar-refractivity contribution is -0.145. The third-order valence-electron chi connectivity index (χ3n) is 4.49. The molecular weight excluding hydrogens is 422 g/mol. The van der Waals surface area contributed by atoms with E-state index < -0.39 is 66.3 Å². The van der Waals surface area contributed by atoms with Gasteiger partial charge in [-0.1, -0.05) is 27.7 Å². The van der Waals surface area contributed by atoms with Gasteiger partial charge in [0, 0.05) is 0 Å².